The average molecular weight is 247 g/mol. The molecule has 15 heavy (non-hydrogen) atoms. The third-order valence-electron chi connectivity index (χ3n) is 1.32. The number of hydrogen-bond acceptors (Lipinski definition) is 5. The fourth-order valence-corrected chi connectivity index (χ4v) is 1.91. The molecule has 0 radical (unpaired) electrons. The van der Waals surface area contributed by atoms with Crippen LogP contribution in [0.3, 0.4) is 0 Å². The van der Waals surface area contributed by atoms with Crippen molar-refractivity contribution in [2.45, 2.75) is 37.6 Å². The molecule has 0 fully saturated rings. The van der Waals surface area contributed by atoms with Gasteiger partial charge in [-0.2, -0.15) is 15.0 Å². The Morgan fingerprint density at radius 1 is 1.27 bits per heavy atom. The summed E-state index contributed by atoms with van der Waals surface area (Å²) >= 11 is 7.37. The molecule has 0 saturated heterocycles. The van der Waals surface area contributed by atoms with Crippen LogP contribution in [-0.4, -0.2) is 26.2 Å². The maximum absolute atomic E-state index is 5.80. The number of anilines is 1. The number of nitrogens with zero attached hydrogens (tertiary/aromatic N) is 3. The van der Waals surface area contributed by atoms with Crippen molar-refractivity contribution >= 4 is 29.3 Å². The molecule has 0 aromatic carbocycles. The molecular weight excluding hydrogens is 232 g/mol. The van der Waals surface area contributed by atoms with E-state index in [1.807, 2.05) is 6.92 Å². The third kappa shape index (κ3) is 4.66. The maximum Gasteiger partial charge on any atom is 0.228 e. The largest absolute Gasteiger partial charge is 0.354 e. The summed E-state index contributed by atoms with van der Waals surface area (Å²) in [5.41, 5.74) is 0. The van der Waals surface area contributed by atoms with Gasteiger partial charge in [0.2, 0.25) is 11.2 Å². The van der Waals surface area contributed by atoms with E-state index in [1.54, 1.807) is 11.8 Å². The van der Waals surface area contributed by atoms with Crippen molar-refractivity contribution in [3.63, 3.8) is 0 Å². The van der Waals surface area contributed by atoms with E-state index in [0.717, 1.165) is 6.54 Å². The molecule has 1 rings (SSSR count). The summed E-state index contributed by atoms with van der Waals surface area (Å²) in [5.74, 6) is 0.532. The van der Waals surface area contributed by atoms with Gasteiger partial charge in [-0.15, -0.1) is 0 Å². The molecule has 0 aliphatic carbocycles. The number of aromatic nitrogens is 3. The van der Waals surface area contributed by atoms with Crippen LogP contribution in [0, 0.1) is 0 Å². The molecule has 0 aliphatic heterocycles. The summed E-state index contributed by atoms with van der Waals surface area (Å²) in [6, 6.07) is 0. The number of nitrogens with one attached hydrogen (secondary N) is 1. The van der Waals surface area contributed by atoms with E-state index in [9.17, 15) is 0 Å². The van der Waals surface area contributed by atoms with Crippen molar-refractivity contribution in [2.75, 3.05) is 11.9 Å². The quantitative estimate of drug-likeness (QED) is 0.832. The Kier molecular flexibility index (Phi) is 4.16. The lowest BCUT2D eigenvalue weighted by atomic mass is 10.3. The van der Waals surface area contributed by atoms with E-state index in [0.29, 0.717) is 11.1 Å². The van der Waals surface area contributed by atoms with Crippen molar-refractivity contribution in [1.29, 1.82) is 0 Å². The lowest BCUT2D eigenvalue weighted by Gasteiger charge is -2.16. The van der Waals surface area contributed by atoms with Crippen molar-refractivity contribution in [1.82, 2.24) is 15.0 Å². The molecule has 0 amide bonds. The molecular formula is C9H15ClN4S. The molecule has 0 aliphatic rings. The highest BCUT2D eigenvalue weighted by atomic mass is 35.5. The molecule has 0 bridgehead atoms. The predicted octanol–water partition coefficient (Wildman–Crippen LogP) is 2.85. The van der Waals surface area contributed by atoms with Crippen molar-refractivity contribution in [2.24, 2.45) is 0 Å². The fourth-order valence-electron chi connectivity index (χ4n) is 0.889. The van der Waals surface area contributed by atoms with Gasteiger partial charge in [0.05, 0.1) is 0 Å². The molecule has 1 N–H and O–H groups in total. The Hall–Kier alpha value is -0.550. The molecule has 6 heteroatoms. The van der Waals surface area contributed by atoms with E-state index in [4.69, 9.17) is 11.6 Å². The monoisotopic (exact) mass is 246 g/mol. The second kappa shape index (κ2) is 4.99. The highest BCUT2D eigenvalue weighted by molar-refractivity contribution is 8.00. The zero-order valence-corrected chi connectivity index (χ0v) is 10.9. The van der Waals surface area contributed by atoms with Crippen molar-refractivity contribution in [3.05, 3.63) is 5.28 Å². The van der Waals surface area contributed by atoms with Gasteiger partial charge in [0.15, 0.2) is 5.16 Å². The smallest absolute Gasteiger partial charge is 0.228 e. The van der Waals surface area contributed by atoms with Gasteiger partial charge in [0.25, 0.3) is 0 Å². The number of rotatable bonds is 3. The molecule has 4 nitrogen and oxygen atoms in total. The summed E-state index contributed by atoms with van der Waals surface area (Å²) in [6.07, 6.45) is 0. The summed E-state index contributed by atoms with van der Waals surface area (Å²) in [7, 11) is 0. The minimum absolute atomic E-state index is 0.0637. The van der Waals surface area contributed by atoms with Gasteiger partial charge in [0, 0.05) is 11.3 Å². The lowest BCUT2D eigenvalue weighted by molar-refractivity contribution is 0.787. The Labute approximate surface area is 99.3 Å². The summed E-state index contributed by atoms with van der Waals surface area (Å²) < 4.78 is 0.0637. The van der Waals surface area contributed by atoms with Gasteiger partial charge in [-0.1, -0.05) is 32.5 Å². The topological polar surface area (TPSA) is 50.7 Å². The van der Waals surface area contributed by atoms with E-state index in [2.05, 4.69) is 41.0 Å². The Morgan fingerprint density at radius 2 is 1.93 bits per heavy atom. The van der Waals surface area contributed by atoms with E-state index < -0.39 is 0 Å². The van der Waals surface area contributed by atoms with Gasteiger partial charge in [-0.25, -0.2) is 0 Å². The average Bonchev–Trinajstić information content (AvgIpc) is 1.99. The molecule has 0 atom stereocenters. The minimum atomic E-state index is 0.0637. The van der Waals surface area contributed by atoms with Gasteiger partial charge >= 0.3 is 0 Å². The molecule has 0 unspecified atom stereocenters. The summed E-state index contributed by atoms with van der Waals surface area (Å²) in [5, 5.41) is 3.90. The molecule has 1 heterocycles. The van der Waals surface area contributed by atoms with Crippen LogP contribution in [0.5, 0.6) is 0 Å². The Morgan fingerprint density at radius 3 is 2.47 bits per heavy atom. The van der Waals surface area contributed by atoms with E-state index in [1.165, 1.54) is 0 Å². The van der Waals surface area contributed by atoms with Crippen LogP contribution in [0.4, 0.5) is 5.95 Å². The molecule has 1 aromatic heterocycles. The highest BCUT2D eigenvalue weighted by Gasteiger charge is 2.15. The normalized spacial score (nSPS) is 11.5. The summed E-state index contributed by atoms with van der Waals surface area (Å²) in [4.78, 5) is 12.3. The number of hydrogen-bond donors (Lipinski definition) is 1. The zero-order valence-electron chi connectivity index (χ0n) is 9.33. The van der Waals surface area contributed by atoms with E-state index in [-0.39, 0.29) is 10.0 Å². The van der Waals surface area contributed by atoms with E-state index >= 15 is 0 Å². The fraction of sp³-hybridized carbons (Fsp3) is 0.667. The highest BCUT2D eigenvalue weighted by Crippen LogP contribution is 2.29. The first-order chi connectivity index (χ1) is 6.90. The minimum Gasteiger partial charge on any atom is -0.354 e. The van der Waals surface area contributed by atoms with Gasteiger partial charge in [-0.05, 0) is 18.5 Å². The zero-order chi connectivity index (χ0) is 11.5. The van der Waals surface area contributed by atoms with Crippen LogP contribution in [0.1, 0.15) is 27.7 Å². The standard InChI is InChI=1S/C9H15ClN4S/c1-5-11-7-12-6(10)13-8(14-7)15-9(2,3)4/h5H2,1-4H3,(H,11,12,13,14). The molecule has 0 spiro atoms. The lowest BCUT2D eigenvalue weighted by Crippen LogP contribution is -2.10. The van der Waals surface area contributed by atoms with Crippen LogP contribution in [0.15, 0.2) is 5.16 Å². The van der Waals surface area contributed by atoms with Crippen LogP contribution in [-0.2, 0) is 0 Å². The molecule has 0 saturated carbocycles. The van der Waals surface area contributed by atoms with Gasteiger partial charge in [0.1, 0.15) is 0 Å². The Balaban J connectivity index is 2.88. The SMILES string of the molecule is CCNc1nc(Cl)nc(SC(C)(C)C)n1. The second-order valence-electron chi connectivity index (χ2n) is 3.96. The van der Waals surface area contributed by atoms with Crippen LogP contribution < -0.4 is 5.32 Å². The van der Waals surface area contributed by atoms with Crippen LogP contribution in [0.25, 0.3) is 0 Å². The first kappa shape index (κ1) is 12.5. The van der Waals surface area contributed by atoms with Crippen molar-refractivity contribution < 1.29 is 0 Å². The second-order valence-corrected chi connectivity index (χ2v) is 6.09. The molecule has 84 valence electrons. The first-order valence-corrected chi connectivity index (χ1v) is 5.94. The van der Waals surface area contributed by atoms with Crippen LogP contribution in [0.2, 0.25) is 5.28 Å². The van der Waals surface area contributed by atoms with Gasteiger partial charge in [-0.3, -0.25) is 0 Å². The number of thioether (sulfide) groups is 1. The predicted molar refractivity (Wildman–Crippen MR) is 64.6 cm³/mol. The Bertz CT molecular complexity index is 337. The summed E-state index contributed by atoms with van der Waals surface area (Å²) in [6.45, 7) is 9.04. The molecule has 1 aromatic rings. The third-order valence-corrected chi connectivity index (χ3v) is 2.47. The first-order valence-electron chi connectivity index (χ1n) is 4.75. The van der Waals surface area contributed by atoms with Crippen LogP contribution >= 0.6 is 23.4 Å². The number of halogens is 1. The maximum atomic E-state index is 5.80. The van der Waals surface area contributed by atoms with Gasteiger partial charge < -0.3 is 5.32 Å². The van der Waals surface area contributed by atoms with Crippen molar-refractivity contribution in [3.8, 4) is 0 Å².